The van der Waals surface area contributed by atoms with Gasteiger partial charge in [-0.1, -0.05) is 12.1 Å². The molecule has 0 aromatic heterocycles. The number of sulfone groups is 1. The van der Waals surface area contributed by atoms with E-state index < -0.39 is 15.9 Å². The summed E-state index contributed by atoms with van der Waals surface area (Å²) in [6.07, 6.45) is 0.634. The quantitative estimate of drug-likeness (QED) is 0.768. The molecule has 7 heteroatoms. The van der Waals surface area contributed by atoms with Crippen LogP contribution in [0.15, 0.2) is 29.2 Å². The molecule has 0 saturated carbocycles. The van der Waals surface area contributed by atoms with Gasteiger partial charge in [0.1, 0.15) is 0 Å². The van der Waals surface area contributed by atoms with E-state index in [0.717, 1.165) is 19.7 Å². The number of aliphatic hydroxyl groups excluding tert-OH is 1. The van der Waals surface area contributed by atoms with Gasteiger partial charge in [0, 0.05) is 32.4 Å². The molecule has 0 unspecified atom stereocenters. The van der Waals surface area contributed by atoms with Crippen molar-refractivity contribution in [3.63, 3.8) is 0 Å². The first kappa shape index (κ1) is 17.4. The molecular weight excluding hydrogens is 304 g/mol. The van der Waals surface area contributed by atoms with Gasteiger partial charge in [-0.3, -0.25) is 0 Å². The monoisotopic (exact) mass is 328 g/mol. The molecule has 0 bridgehead atoms. The van der Waals surface area contributed by atoms with Crippen LogP contribution >= 0.6 is 0 Å². The van der Waals surface area contributed by atoms with Gasteiger partial charge in [-0.25, -0.2) is 8.42 Å². The van der Waals surface area contributed by atoms with Crippen molar-refractivity contribution in [1.82, 2.24) is 10.2 Å². The van der Waals surface area contributed by atoms with Gasteiger partial charge in [0.25, 0.3) is 0 Å². The van der Waals surface area contributed by atoms with Crippen molar-refractivity contribution >= 4 is 9.84 Å². The highest BCUT2D eigenvalue weighted by atomic mass is 32.2. The maximum Gasteiger partial charge on any atom is 0.175 e. The van der Waals surface area contributed by atoms with Gasteiger partial charge >= 0.3 is 0 Å². The average Bonchev–Trinajstić information content (AvgIpc) is 2.46. The van der Waals surface area contributed by atoms with Crippen LogP contribution in [0.3, 0.4) is 0 Å². The fourth-order valence-electron chi connectivity index (χ4n) is 2.43. The zero-order valence-electron chi connectivity index (χ0n) is 13.0. The molecule has 1 fully saturated rings. The summed E-state index contributed by atoms with van der Waals surface area (Å²) in [5.74, 6) is 0. The minimum atomic E-state index is -3.20. The van der Waals surface area contributed by atoms with Gasteiger partial charge in [0.05, 0.1) is 23.7 Å². The molecule has 124 valence electrons. The SMILES string of the molecule is CN1CCO[C@@H](CNC[C@@H](O)c2ccc(S(C)(=O)=O)cc2)C1. The van der Waals surface area contributed by atoms with Gasteiger partial charge in [-0.2, -0.15) is 0 Å². The van der Waals surface area contributed by atoms with E-state index in [2.05, 4.69) is 17.3 Å². The molecule has 0 amide bonds. The summed E-state index contributed by atoms with van der Waals surface area (Å²) in [7, 11) is -1.14. The molecule has 0 radical (unpaired) electrons. The summed E-state index contributed by atoms with van der Waals surface area (Å²) in [5.41, 5.74) is 0.696. The number of hydrogen-bond donors (Lipinski definition) is 2. The molecule has 2 rings (SSSR count). The summed E-state index contributed by atoms with van der Waals surface area (Å²) in [6.45, 7) is 3.65. The third-order valence-corrected chi connectivity index (χ3v) is 4.87. The van der Waals surface area contributed by atoms with Crippen LogP contribution in [-0.2, 0) is 14.6 Å². The number of ether oxygens (including phenoxy) is 1. The van der Waals surface area contributed by atoms with Crippen molar-refractivity contribution < 1.29 is 18.3 Å². The zero-order valence-corrected chi connectivity index (χ0v) is 13.8. The average molecular weight is 328 g/mol. The van der Waals surface area contributed by atoms with Crippen molar-refractivity contribution in [2.24, 2.45) is 0 Å². The lowest BCUT2D eigenvalue weighted by Crippen LogP contribution is -2.45. The third kappa shape index (κ3) is 5.03. The van der Waals surface area contributed by atoms with Crippen molar-refractivity contribution in [1.29, 1.82) is 0 Å². The summed E-state index contributed by atoms with van der Waals surface area (Å²) in [4.78, 5) is 2.48. The third-order valence-electron chi connectivity index (χ3n) is 3.74. The van der Waals surface area contributed by atoms with Crippen molar-refractivity contribution in [3.8, 4) is 0 Å². The maximum atomic E-state index is 11.4. The number of nitrogens with one attached hydrogen (secondary N) is 1. The first-order chi connectivity index (χ1) is 10.4. The van der Waals surface area contributed by atoms with Crippen LogP contribution < -0.4 is 5.32 Å². The summed E-state index contributed by atoms with van der Waals surface area (Å²) >= 11 is 0. The molecule has 1 aliphatic rings. The van der Waals surface area contributed by atoms with E-state index in [0.29, 0.717) is 18.7 Å². The zero-order chi connectivity index (χ0) is 16.2. The Hall–Kier alpha value is -0.990. The topological polar surface area (TPSA) is 78.9 Å². The number of rotatable bonds is 6. The Labute approximate surface area is 132 Å². The number of benzene rings is 1. The second kappa shape index (κ2) is 7.52. The molecule has 22 heavy (non-hydrogen) atoms. The van der Waals surface area contributed by atoms with Crippen molar-refractivity contribution in [2.75, 3.05) is 46.1 Å². The number of hydrogen-bond acceptors (Lipinski definition) is 6. The summed E-state index contributed by atoms with van der Waals surface area (Å²) in [6, 6.07) is 6.33. The van der Waals surface area contributed by atoms with Gasteiger partial charge in [0.2, 0.25) is 0 Å². The van der Waals surface area contributed by atoms with E-state index in [4.69, 9.17) is 4.74 Å². The van der Waals surface area contributed by atoms with Crippen LogP contribution in [0.2, 0.25) is 0 Å². The number of likely N-dealkylation sites (N-methyl/N-ethyl adjacent to an activating group) is 1. The minimum absolute atomic E-state index is 0.138. The Morgan fingerprint density at radius 2 is 2.09 bits per heavy atom. The number of aliphatic hydroxyl groups is 1. The van der Waals surface area contributed by atoms with E-state index in [9.17, 15) is 13.5 Å². The highest BCUT2D eigenvalue weighted by Gasteiger charge is 2.18. The lowest BCUT2D eigenvalue weighted by molar-refractivity contribution is -0.0191. The number of morpholine rings is 1. The summed E-state index contributed by atoms with van der Waals surface area (Å²) < 4.78 is 28.4. The van der Waals surface area contributed by atoms with E-state index in [1.54, 1.807) is 12.1 Å². The first-order valence-corrected chi connectivity index (χ1v) is 9.24. The van der Waals surface area contributed by atoms with Crippen molar-refractivity contribution in [3.05, 3.63) is 29.8 Å². The van der Waals surface area contributed by atoms with Gasteiger partial charge in [-0.05, 0) is 24.7 Å². The Morgan fingerprint density at radius 3 is 2.68 bits per heavy atom. The highest BCUT2D eigenvalue weighted by molar-refractivity contribution is 7.90. The van der Waals surface area contributed by atoms with Crippen LogP contribution in [-0.4, -0.2) is 70.6 Å². The molecule has 1 heterocycles. The Morgan fingerprint density at radius 1 is 1.41 bits per heavy atom. The molecule has 1 aliphatic heterocycles. The Balaban J connectivity index is 1.80. The fraction of sp³-hybridized carbons (Fsp3) is 0.600. The second-order valence-corrected chi connectivity index (χ2v) is 7.79. The summed E-state index contributed by atoms with van der Waals surface area (Å²) in [5, 5.41) is 13.3. The van der Waals surface area contributed by atoms with Crippen LogP contribution in [0, 0.1) is 0 Å². The Kier molecular flexibility index (Phi) is 5.94. The van der Waals surface area contributed by atoms with Gasteiger partial charge in [0.15, 0.2) is 9.84 Å². The Bertz CT molecular complexity index is 574. The lowest BCUT2D eigenvalue weighted by atomic mass is 10.1. The highest BCUT2D eigenvalue weighted by Crippen LogP contribution is 2.16. The first-order valence-electron chi connectivity index (χ1n) is 7.35. The largest absolute Gasteiger partial charge is 0.387 e. The predicted molar refractivity (Wildman–Crippen MR) is 84.6 cm³/mol. The van der Waals surface area contributed by atoms with Crippen LogP contribution in [0.4, 0.5) is 0 Å². The molecule has 1 aromatic rings. The van der Waals surface area contributed by atoms with Crippen LogP contribution in [0.25, 0.3) is 0 Å². The van der Waals surface area contributed by atoms with E-state index >= 15 is 0 Å². The van der Waals surface area contributed by atoms with E-state index in [1.165, 1.54) is 18.4 Å². The molecular formula is C15H24N2O4S. The van der Waals surface area contributed by atoms with E-state index in [1.807, 2.05) is 0 Å². The van der Waals surface area contributed by atoms with E-state index in [-0.39, 0.29) is 11.0 Å². The molecule has 1 aromatic carbocycles. The van der Waals surface area contributed by atoms with Gasteiger partial charge < -0.3 is 20.1 Å². The normalized spacial score (nSPS) is 21.7. The van der Waals surface area contributed by atoms with Gasteiger partial charge in [-0.15, -0.1) is 0 Å². The lowest BCUT2D eigenvalue weighted by Gasteiger charge is -2.30. The maximum absolute atomic E-state index is 11.4. The second-order valence-electron chi connectivity index (χ2n) is 5.77. The molecule has 0 spiro atoms. The van der Waals surface area contributed by atoms with Crippen LogP contribution in [0.5, 0.6) is 0 Å². The fourth-order valence-corrected chi connectivity index (χ4v) is 3.06. The number of nitrogens with zero attached hydrogens (tertiary/aromatic N) is 1. The molecule has 6 nitrogen and oxygen atoms in total. The van der Waals surface area contributed by atoms with Crippen molar-refractivity contribution in [2.45, 2.75) is 17.1 Å². The molecule has 2 atom stereocenters. The minimum Gasteiger partial charge on any atom is -0.387 e. The molecule has 2 N–H and O–H groups in total. The predicted octanol–water partition coefficient (Wildman–Crippen LogP) is 0.0437. The molecule has 1 saturated heterocycles. The smallest absolute Gasteiger partial charge is 0.175 e. The standard InChI is InChI=1S/C15H24N2O4S/c1-17-7-8-21-13(11-17)9-16-10-15(18)12-3-5-14(6-4-12)22(2,19)20/h3-6,13,15-16,18H,7-11H2,1-2H3/t13-,15+/m0/s1. The van der Waals surface area contributed by atoms with Crippen LogP contribution in [0.1, 0.15) is 11.7 Å². The molecule has 0 aliphatic carbocycles.